The van der Waals surface area contributed by atoms with Crippen molar-refractivity contribution < 1.29 is 14.6 Å². The monoisotopic (exact) mass is 325 g/mol. The standard InChI is InChI=1S/C20H23NO3/c1-24-18-11-5-9-16(13-18)19(22)17-10-6-12-21(14-17)20(23)15-7-3-2-4-8-15/h2-5,7-9,11,13,17,19,22H,6,10,12,14H2,1H3. The van der Waals surface area contributed by atoms with Gasteiger partial charge in [0.25, 0.3) is 5.91 Å². The smallest absolute Gasteiger partial charge is 0.253 e. The third-order valence-electron chi connectivity index (χ3n) is 4.65. The van der Waals surface area contributed by atoms with Crippen LogP contribution in [0.2, 0.25) is 0 Å². The van der Waals surface area contributed by atoms with Crippen LogP contribution in [0.1, 0.15) is 34.9 Å². The Morgan fingerprint density at radius 3 is 2.75 bits per heavy atom. The summed E-state index contributed by atoms with van der Waals surface area (Å²) in [6, 6.07) is 16.8. The van der Waals surface area contributed by atoms with Crippen molar-refractivity contribution in [1.82, 2.24) is 4.90 Å². The number of amides is 1. The average molecular weight is 325 g/mol. The number of carbonyl (C=O) groups is 1. The molecule has 4 heteroatoms. The Bertz CT molecular complexity index is 686. The highest BCUT2D eigenvalue weighted by Crippen LogP contribution is 2.31. The van der Waals surface area contributed by atoms with E-state index in [4.69, 9.17) is 4.74 Å². The minimum Gasteiger partial charge on any atom is -0.497 e. The fraction of sp³-hybridized carbons (Fsp3) is 0.350. The predicted octanol–water partition coefficient (Wildman–Crippen LogP) is 3.28. The quantitative estimate of drug-likeness (QED) is 0.938. The maximum absolute atomic E-state index is 12.6. The van der Waals surface area contributed by atoms with Gasteiger partial charge in [-0.2, -0.15) is 0 Å². The summed E-state index contributed by atoms with van der Waals surface area (Å²) < 4.78 is 5.23. The lowest BCUT2D eigenvalue weighted by Gasteiger charge is -2.35. The van der Waals surface area contributed by atoms with Gasteiger partial charge in [0.2, 0.25) is 0 Å². The fourth-order valence-corrected chi connectivity index (χ4v) is 3.31. The lowest BCUT2D eigenvalue weighted by atomic mass is 9.88. The molecule has 0 aliphatic carbocycles. The van der Waals surface area contributed by atoms with Crippen molar-refractivity contribution >= 4 is 5.91 Å². The van der Waals surface area contributed by atoms with E-state index in [1.165, 1.54) is 0 Å². The number of carbonyl (C=O) groups excluding carboxylic acids is 1. The Morgan fingerprint density at radius 2 is 2.00 bits per heavy atom. The molecule has 1 aliphatic heterocycles. The minimum atomic E-state index is -0.591. The van der Waals surface area contributed by atoms with Crippen molar-refractivity contribution in [3.05, 3.63) is 65.7 Å². The molecule has 1 amide bonds. The summed E-state index contributed by atoms with van der Waals surface area (Å²) >= 11 is 0. The summed E-state index contributed by atoms with van der Waals surface area (Å²) in [6.45, 7) is 1.32. The zero-order chi connectivity index (χ0) is 16.9. The van der Waals surface area contributed by atoms with Crippen molar-refractivity contribution in [2.24, 2.45) is 5.92 Å². The molecule has 126 valence electrons. The molecule has 1 fully saturated rings. The van der Waals surface area contributed by atoms with E-state index in [-0.39, 0.29) is 11.8 Å². The van der Waals surface area contributed by atoms with Gasteiger partial charge in [0.05, 0.1) is 13.2 Å². The summed E-state index contributed by atoms with van der Waals surface area (Å²) in [5, 5.41) is 10.7. The number of piperidine rings is 1. The highest BCUT2D eigenvalue weighted by molar-refractivity contribution is 5.94. The summed E-state index contributed by atoms with van der Waals surface area (Å²) in [4.78, 5) is 14.5. The maximum Gasteiger partial charge on any atom is 0.253 e. The molecule has 0 spiro atoms. The van der Waals surface area contributed by atoms with E-state index in [0.717, 1.165) is 30.7 Å². The van der Waals surface area contributed by atoms with Crippen molar-refractivity contribution in [2.45, 2.75) is 18.9 Å². The molecule has 1 N–H and O–H groups in total. The van der Waals surface area contributed by atoms with Crippen LogP contribution in [-0.2, 0) is 0 Å². The second kappa shape index (κ2) is 7.49. The molecule has 1 saturated heterocycles. The Morgan fingerprint density at radius 1 is 1.21 bits per heavy atom. The molecule has 2 aromatic carbocycles. The number of methoxy groups -OCH3 is 1. The maximum atomic E-state index is 12.6. The zero-order valence-corrected chi connectivity index (χ0v) is 13.9. The molecule has 3 rings (SSSR count). The average Bonchev–Trinajstić information content (AvgIpc) is 2.67. The van der Waals surface area contributed by atoms with Gasteiger partial charge in [-0.05, 0) is 42.7 Å². The van der Waals surface area contributed by atoms with Gasteiger partial charge in [-0.1, -0.05) is 30.3 Å². The number of benzene rings is 2. The van der Waals surface area contributed by atoms with Gasteiger partial charge in [0, 0.05) is 24.6 Å². The Hall–Kier alpha value is -2.33. The number of aliphatic hydroxyl groups is 1. The van der Waals surface area contributed by atoms with Gasteiger partial charge in [0.1, 0.15) is 5.75 Å². The SMILES string of the molecule is COc1cccc(C(O)C2CCCN(C(=O)c3ccccc3)C2)c1. The van der Waals surface area contributed by atoms with Gasteiger partial charge >= 0.3 is 0 Å². The number of likely N-dealkylation sites (tertiary alicyclic amines) is 1. The molecule has 1 aliphatic rings. The van der Waals surface area contributed by atoms with Crippen LogP contribution in [0.4, 0.5) is 0 Å². The first-order valence-electron chi connectivity index (χ1n) is 8.35. The molecule has 1 heterocycles. The number of rotatable bonds is 4. The van der Waals surface area contributed by atoms with E-state index in [0.29, 0.717) is 12.1 Å². The second-order valence-corrected chi connectivity index (χ2v) is 6.24. The number of hydrogen-bond acceptors (Lipinski definition) is 3. The first-order chi connectivity index (χ1) is 11.7. The minimum absolute atomic E-state index is 0.0399. The molecule has 24 heavy (non-hydrogen) atoms. The van der Waals surface area contributed by atoms with E-state index in [1.54, 1.807) is 7.11 Å². The number of nitrogens with zero attached hydrogens (tertiary/aromatic N) is 1. The van der Waals surface area contributed by atoms with Crippen LogP contribution in [-0.4, -0.2) is 36.1 Å². The van der Waals surface area contributed by atoms with Crippen LogP contribution in [0.5, 0.6) is 5.75 Å². The summed E-state index contributed by atoms with van der Waals surface area (Å²) in [6.07, 6.45) is 1.23. The largest absolute Gasteiger partial charge is 0.497 e. The molecule has 0 aromatic heterocycles. The van der Waals surface area contributed by atoms with Crippen LogP contribution < -0.4 is 4.74 Å². The third-order valence-corrected chi connectivity index (χ3v) is 4.65. The van der Waals surface area contributed by atoms with Crippen molar-refractivity contribution in [1.29, 1.82) is 0 Å². The van der Waals surface area contributed by atoms with Gasteiger partial charge in [-0.3, -0.25) is 4.79 Å². The Balaban J connectivity index is 1.72. The van der Waals surface area contributed by atoms with Crippen LogP contribution in [0.3, 0.4) is 0 Å². The second-order valence-electron chi connectivity index (χ2n) is 6.24. The summed E-state index contributed by atoms with van der Waals surface area (Å²) in [5.41, 5.74) is 1.54. The number of aliphatic hydroxyl groups excluding tert-OH is 1. The van der Waals surface area contributed by atoms with Crippen LogP contribution in [0.15, 0.2) is 54.6 Å². The van der Waals surface area contributed by atoms with E-state index in [2.05, 4.69) is 0 Å². The predicted molar refractivity (Wildman–Crippen MR) is 93.0 cm³/mol. The highest BCUT2D eigenvalue weighted by atomic mass is 16.5. The number of hydrogen-bond donors (Lipinski definition) is 1. The molecule has 0 saturated carbocycles. The molecule has 0 bridgehead atoms. The Labute approximate surface area is 142 Å². The summed E-state index contributed by atoms with van der Waals surface area (Å²) in [7, 11) is 1.62. The van der Waals surface area contributed by atoms with Gasteiger partial charge in [-0.15, -0.1) is 0 Å². The van der Waals surface area contributed by atoms with Gasteiger partial charge in [0.15, 0.2) is 0 Å². The first kappa shape index (κ1) is 16.5. The molecule has 2 unspecified atom stereocenters. The van der Waals surface area contributed by atoms with E-state index >= 15 is 0 Å². The number of ether oxygens (including phenoxy) is 1. The molecule has 2 aromatic rings. The topological polar surface area (TPSA) is 49.8 Å². The van der Waals surface area contributed by atoms with E-state index in [1.807, 2.05) is 59.5 Å². The van der Waals surface area contributed by atoms with Crippen molar-refractivity contribution in [3.8, 4) is 5.75 Å². The fourth-order valence-electron chi connectivity index (χ4n) is 3.31. The zero-order valence-electron chi connectivity index (χ0n) is 13.9. The lowest BCUT2D eigenvalue weighted by Crippen LogP contribution is -2.41. The van der Waals surface area contributed by atoms with Crippen LogP contribution >= 0.6 is 0 Å². The van der Waals surface area contributed by atoms with Crippen LogP contribution in [0, 0.1) is 5.92 Å². The van der Waals surface area contributed by atoms with Gasteiger partial charge < -0.3 is 14.7 Å². The third kappa shape index (κ3) is 3.60. The van der Waals surface area contributed by atoms with E-state index < -0.39 is 6.10 Å². The lowest BCUT2D eigenvalue weighted by molar-refractivity contribution is 0.0400. The van der Waals surface area contributed by atoms with Crippen molar-refractivity contribution in [3.63, 3.8) is 0 Å². The molecule has 0 radical (unpaired) electrons. The Kier molecular flexibility index (Phi) is 5.16. The van der Waals surface area contributed by atoms with Gasteiger partial charge in [-0.25, -0.2) is 0 Å². The van der Waals surface area contributed by atoms with E-state index in [9.17, 15) is 9.90 Å². The summed E-state index contributed by atoms with van der Waals surface area (Å²) in [5.74, 6) is 0.816. The highest BCUT2D eigenvalue weighted by Gasteiger charge is 2.29. The molecule has 4 nitrogen and oxygen atoms in total. The molecular formula is C20H23NO3. The normalized spacial score (nSPS) is 18.9. The van der Waals surface area contributed by atoms with Crippen molar-refractivity contribution in [2.75, 3.05) is 20.2 Å². The first-order valence-corrected chi connectivity index (χ1v) is 8.35. The molecule has 2 atom stereocenters. The molecular weight excluding hydrogens is 302 g/mol. The van der Waals surface area contributed by atoms with Crippen LogP contribution in [0.25, 0.3) is 0 Å².